The van der Waals surface area contributed by atoms with Gasteiger partial charge in [-0.1, -0.05) is 94.8 Å². The van der Waals surface area contributed by atoms with Gasteiger partial charge in [0.15, 0.2) is 0 Å². The standard InChI is InChI=1S/C30H38N4O3S2/c1-3-4-5-6-7-8-9-10-11-12-17-34-29(36)25(39-30(34)38)20-24-26(31-21-23-16-14-19-37-23)32-27-22(2)15-13-18-33(27)28(24)35/h13-16,18-20,31H,3-12,17,21H2,1-2H3. The summed E-state index contributed by atoms with van der Waals surface area (Å²) in [7, 11) is 0. The van der Waals surface area contributed by atoms with Gasteiger partial charge in [-0.15, -0.1) is 0 Å². The van der Waals surface area contributed by atoms with Gasteiger partial charge in [0.25, 0.3) is 11.5 Å². The monoisotopic (exact) mass is 566 g/mol. The van der Waals surface area contributed by atoms with Crippen molar-refractivity contribution in [1.82, 2.24) is 14.3 Å². The van der Waals surface area contributed by atoms with Gasteiger partial charge in [0.05, 0.1) is 23.3 Å². The number of furan rings is 1. The van der Waals surface area contributed by atoms with Gasteiger partial charge in [-0.2, -0.15) is 0 Å². The van der Waals surface area contributed by atoms with Crippen molar-refractivity contribution in [3.05, 3.63) is 68.9 Å². The molecule has 0 saturated carbocycles. The van der Waals surface area contributed by atoms with Crippen LogP contribution in [0.4, 0.5) is 5.82 Å². The van der Waals surface area contributed by atoms with Crippen LogP contribution >= 0.6 is 24.0 Å². The molecule has 39 heavy (non-hydrogen) atoms. The molecule has 0 atom stereocenters. The van der Waals surface area contributed by atoms with Gasteiger partial charge in [-0.25, -0.2) is 4.98 Å². The molecule has 0 spiro atoms. The van der Waals surface area contributed by atoms with Crippen molar-refractivity contribution in [3.63, 3.8) is 0 Å². The average molecular weight is 567 g/mol. The van der Waals surface area contributed by atoms with E-state index in [0.29, 0.717) is 39.3 Å². The highest BCUT2D eigenvalue weighted by Crippen LogP contribution is 2.33. The van der Waals surface area contributed by atoms with Gasteiger partial charge in [0, 0.05) is 12.7 Å². The first-order valence-corrected chi connectivity index (χ1v) is 15.3. The summed E-state index contributed by atoms with van der Waals surface area (Å²) in [5.41, 5.74) is 1.52. The number of amides is 1. The second-order valence-electron chi connectivity index (χ2n) is 10.0. The maximum Gasteiger partial charge on any atom is 0.267 e. The van der Waals surface area contributed by atoms with Crippen molar-refractivity contribution in [2.75, 3.05) is 11.9 Å². The Morgan fingerprint density at radius 1 is 1.03 bits per heavy atom. The maximum absolute atomic E-state index is 13.5. The quantitative estimate of drug-likeness (QED) is 0.117. The van der Waals surface area contributed by atoms with Crippen molar-refractivity contribution >= 4 is 51.7 Å². The number of aryl methyl sites for hydroxylation is 1. The van der Waals surface area contributed by atoms with Crippen molar-refractivity contribution in [1.29, 1.82) is 0 Å². The summed E-state index contributed by atoms with van der Waals surface area (Å²) in [5, 5.41) is 3.23. The van der Waals surface area contributed by atoms with Gasteiger partial charge in [-0.3, -0.25) is 18.9 Å². The molecule has 0 aliphatic carbocycles. The number of thiocarbonyl (C=S) groups is 1. The Morgan fingerprint density at radius 3 is 2.44 bits per heavy atom. The number of nitrogens with one attached hydrogen (secondary N) is 1. The van der Waals surface area contributed by atoms with Crippen LogP contribution in [-0.2, 0) is 11.3 Å². The number of rotatable bonds is 15. The second kappa shape index (κ2) is 14.5. The molecule has 4 rings (SSSR count). The molecule has 3 aromatic rings. The number of carbonyl (C=O) groups is 1. The number of hydrogen-bond acceptors (Lipinski definition) is 7. The SMILES string of the molecule is CCCCCCCCCCCCN1C(=O)C(=Cc2c(NCc3ccco3)nc3c(C)cccn3c2=O)SC1=S. The molecular weight excluding hydrogens is 528 g/mol. The average Bonchev–Trinajstić information content (AvgIpc) is 3.54. The Hall–Kier alpha value is -2.91. The van der Waals surface area contributed by atoms with Gasteiger partial charge < -0.3 is 9.73 Å². The number of aromatic nitrogens is 2. The van der Waals surface area contributed by atoms with Crippen molar-refractivity contribution in [2.45, 2.75) is 84.6 Å². The number of unbranched alkanes of at least 4 members (excludes halogenated alkanes) is 9. The predicted molar refractivity (Wildman–Crippen MR) is 164 cm³/mol. The lowest BCUT2D eigenvalue weighted by Gasteiger charge is -2.14. The minimum absolute atomic E-state index is 0.147. The molecular formula is C30H38N4O3S2. The fraction of sp³-hybridized carbons (Fsp3) is 0.467. The van der Waals surface area contributed by atoms with Crippen molar-refractivity contribution in [3.8, 4) is 0 Å². The first kappa shape index (κ1) is 29.1. The highest BCUT2D eigenvalue weighted by molar-refractivity contribution is 8.26. The molecule has 1 N–H and O–H groups in total. The fourth-order valence-electron chi connectivity index (χ4n) is 4.74. The Balaban J connectivity index is 1.42. The number of thioether (sulfide) groups is 1. The number of anilines is 1. The van der Waals surface area contributed by atoms with E-state index in [1.807, 2.05) is 31.2 Å². The number of carbonyl (C=O) groups excluding carboxylic acids is 1. The topological polar surface area (TPSA) is 79.8 Å². The fourth-order valence-corrected chi connectivity index (χ4v) is 6.03. The smallest absolute Gasteiger partial charge is 0.267 e. The van der Waals surface area contributed by atoms with Crippen LogP contribution in [0.15, 0.2) is 50.8 Å². The van der Waals surface area contributed by atoms with Crippen LogP contribution in [0.2, 0.25) is 0 Å². The lowest BCUT2D eigenvalue weighted by atomic mass is 10.1. The summed E-state index contributed by atoms with van der Waals surface area (Å²) >= 11 is 6.79. The zero-order chi connectivity index (χ0) is 27.6. The van der Waals surface area contributed by atoms with E-state index in [-0.39, 0.29) is 11.5 Å². The van der Waals surface area contributed by atoms with Crippen molar-refractivity contribution < 1.29 is 9.21 Å². The van der Waals surface area contributed by atoms with Crippen LogP contribution in [0.1, 0.15) is 88.0 Å². The van der Waals surface area contributed by atoms with Gasteiger partial charge >= 0.3 is 0 Å². The van der Waals surface area contributed by atoms with E-state index in [9.17, 15) is 9.59 Å². The molecule has 7 nitrogen and oxygen atoms in total. The van der Waals surface area contributed by atoms with Crippen LogP contribution in [0, 0.1) is 6.92 Å². The molecule has 0 bridgehead atoms. The molecule has 1 amide bonds. The third-order valence-electron chi connectivity index (χ3n) is 6.98. The Bertz CT molecular complexity index is 1360. The summed E-state index contributed by atoms with van der Waals surface area (Å²) in [6.45, 7) is 5.13. The summed E-state index contributed by atoms with van der Waals surface area (Å²) in [6.07, 6.45) is 17.3. The van der Waals surface area contributed by atoms with Crippen LogP contribution in [0.5, 0.6) is 0 Å². The largest absolute Gasteiger partial charge is 0.467 e. The van der Waals surface area contributed by atoms with E-state index >= 15 is 0 Å². The minimum atomic E-state index is -0.245. The van der Waals surface area contributed by atoms with E-state index in [1.165, 1.54) is 67.5 Å². The molecule has 9 heteroatoms. The van der Waals surface area contributed by atoms with Crippen LogP contribution in [-0.4, -0.2) is 31.1 Å². The molecule has 1 aliphatic heterocycles. The first-order valence-electron chi connectivity index (χ1n) is 14.0. The van der Waals surface area contributed by atoms with Crippen LogP contribution in [0.25, 0.3) is 11.7 Å². The van der Waals surface area contributed by atoms with Gasteiger partial charge in [0.1, 0.15) is 21.5 Å². The van der Waals surface area contributed by atoms with Crippen LogP contribution in [0.3, 0.4) is 0 Å². The van der Waals surface area contributed by atoms with Gasteiger partial charge in [0.2, 0.25) is 0 Å². The summed E-state index contributed by atoms with van der Waals surface area (Å²) in [6, 6.07) is 7.39. The number of pyridine rings is 1. The highest BCUT2D eigenvalue weighted by Gasteiger charge is 2.32. The predicted octanol–water partition coefficient (Wildman–Crippen LogP) is 7.33. The van der Waals surface area contributed by atoms with E-state index in [1.54, 1.807) is 23.4 Å². The number of fused-ring (bicyclic) bond motifs is 1. The third-order valence-corrected chi connectivity index (χ3v) is 8.36. The Labute approximate surface area is 240 Å². The highest BCUT2D eigenvalue weighted by atomic mass is 32.2. The minimum Gasteiger partial charge on any atom is -0.467 e. The van der Waals surface area contributed by atoms with E-state index in [0.717, 1.165) is 24.2 Å². The zero-order valence-corrected chi connectivity index (χ0v) is 24.5. The second-order valence-corrected chi connectivity index (χ2v) is 11.7. The van der Waals surface area contributed by atoms with E-state index in [4.69, 9.17) is 21.6 Å². The molecule has 1 saturated heterocycles. The zero-order valence-electron chi connectivity index (χ0n) is 22.9. The van der Waals surface area contributed by atoms with Crippen molar-refractivity contribution in [2.24, 2.45) is 0 Å². The molecule has 0 radical (unpaired) electrons. The summed E-state index contributed by atoms with van der Waals surface area (Å²) in [4.78, 5) is 33.7. The normalized spacial score (nSPS) is 14.7. The van der Waals surface area contributed by atoms with E-state index < -0.39 is 0 Å². The molecule has 1 fully saturated rings. The molecule has 1 aliphatic rings. The van der Waals surface area contributed by atoms with Gasteiger partial charge in [-0.05, 0) is 43.2 Å². The molecule has 4 heterocycles. The summed E-state index contributed by atoms with van der Waals surface area (Å²) in [5.74, 6) is 0.979. The Morgan fingerprint density at radius 2 is 1.74 bits per heavy atom. The molecule has 3 aromatic heterocycles. The maximum atomic E-state index is 13.5. The molecule has 0 unspecified atom stereocenters. The first-order chi connectivity index (χ1) is 19.0. The van der Waals surface area contributed by atoms with Crippen LogP contribution < -0.4 is 10.9 Å². The van der Waals surface area contributed by atoms with E-state index in [2.05, 4.69) is 12.2 Å². The number of hydrogen-bond donors (Lipinski definition) is 1. The summed E-state index contributed by atoms with van der Waals surface area (Å²) < 4.78 is 7.49. The number of nitrogens with zero attached hydrogens (tertiary/aromatic N) is 3. The lowest BCUT2D eigenvalue weighted by Crippen LogP contribution is -2.29. The molecule has 208 valence electrons. The lowest BCUT2D eigenvalue weighted by molar-refractivity contribution is -0.122. The molecule has 0 aromatic carbocycles. The third kappa shape index (κ3) is 7.60. The Kier molecular flexibility index (Phi) is 10.8.